The Bertz CT molecular complexity index is 1040. The summed E-state index contributed by atoms with van der Waals surface area (Å²) in [5, 5.41) is 0.791. The molecule has 2 aromatic heterocycles. The van der Waals surface area contributed by atoms with Gasteiger partial charge in [0.2, 0.25) is 0 Å². The first-order chi connectivity index (χ1) is 13.4. The Kier molecular flexibility index (Phi) is 4.63. The standard InChI is InChI=1S/C21H21F2N3O2/c1-13-8-18-14(10-17(13)19-3-2-16(11-24)28-19)9-15(12-25-18)20(27)26-6-4-21(22,23)5-7-26/h2-3,8-10,12H,4-7,11,24H2,1H3. The van der Waals surface area contributed by atoms with Crippen molar-refractivity contribution in [2.24, 2.45) is 5.73 Å². The molecule has 0 atom stereocenters. The lowest BCUT2D eigenvalue weighted by molar-refractivity contribution is -0.0494. The normalized spacial score (nSPS) is 16.5. The van der Waals surface area contributed by atoms with Gasteiger partial charge >= 0.3 is 0 Å². The maximum atomic E-state index is 13.4. The average Bonchev–Trinajstić information content (AvgIpc) is 3.15. The molecule has 7 heteroatoms. The van der Waals surface area contributed by atoms with Crippen molar-refractivity contribution < 1.29 is 18.0 Å². The van der Waals surface area contributed by atoms with Crippen LogP contribution >= 0.6 is 0 Å². The van der Waals surface area contributed by atoms with Crippen LogP contribution in [0.2, 0.25) is 0 Å². The minimum absolute atomic E-state index is 0.0529. The third-order valence-electron chi connectivity index (χ3n) is 5.18. The van der Waals surface area contributed by atoms with Crippen molar-refractivity contribution in [3.05, 3.63) is 53.4 Å². The molecule has 28 heavy (non-hydrogen) atoms. The van der Waals surface area contributed by atoms with Crippen LogP contribution in [0.15, 0.2) is 40.9 Å². The van der Waals surface area contributed by atoms with Gasteiger partial charge in [-0.3, -0.25) is 9.78 Å². The summed E-state index contributed by atoms with van der Waals surface area (Å²) in [6, 6.07) is 9.33. The number of aryl methyl sites for hydroxylation is 1. The number of carbonyl (C=O) groups is 1. The van der Waals surface area contributed by atoms with Crippen LogP contribution in [0, 0.1) is 6.92 Å². The van der Waals surface area contributed by atoms with E-state index in [2.05, 4.69) is 4.98 Å². The molecule has 0 unspecified atom stereocenters. The molecule has 1 aliphatic rings. The summed E-state index contributed by atoms with van der Waals surface area (Å²) in [6.07, 6.45) is 0.909. The third kappa shape index (κ3) is 3.49. The van der Waals surface area contributed by atoms with Crippen molar-refractivity contribution in [1.82, 2.24) is 9.88 Å². The van der Waals surface area contributed by atoms with Gasteiger partial charge in [0.05, 0.1) is 17.6 Å². The van der Waals surface area contributed by atoms with Gasteiger partial charge in [0, 0.05) is 43.1 Å². The van der Waals surface area contributed by atoms with Crippen LogP contribution in [0.1, 0.15) is 34.5 Å². The van der Waals surface area contributed by atoms with Crippen LogP contribution in [0.3, 0.4) is 0 Å². The van der Waals surface area contributed by atoms with Crippen molar-refractivity contribution in [1.29, 1.82) is 0 Å². The van der Waals surface area contributed by atoms with Crippen LogP contribution in [0.5, 0.6) is 0 Å². The summed E-state index contributed by atoms with van der Waals surface area (Å²) in [5.74, 6) is -1.56. The molecule has 146 valence electrons. The smallest absolute Gasteiger partial charge is 0.255 e. The highest BCUT2D eigenvalue weighted by atomic mass is 19.3. The Morgan fingerprint density at radius 1 is 1.25 bits per heavy atom. The van der Waals surface area contributed by atoms with E-state index in [4.69, 9.17) is 10.2 Å². The number of carbonyl (C=O) groups excluding carboxylic acids is 1. The van der Waals surface area contributed by atoms with Gasteiger partial charge in [0.15, 0.2) is 0 Å². The van der Waals surface area contributed by atoms with Crippen LogP contribution in [-0.2, 0) is 6.54 Å². The van der Waals surface area contributed by atoms with Crippen molar-refractivity contribution in [3.63, 3.8) is 0 Å². The number of pyridine rings is 1. The summed E-state index contributed by atoms with van der Waals surface area (Å²) in [7, 11) is 0. The molecule has 1 fully saturated rings. The van der Waals surface area contributed by atoms with Crippen molar-refractivity contribution in [3.8, 4) is 11.3 Å². The van der Waals surface area contributed by atoms with Gasteiger partial charge < -0.3 is 15.1 Å². The van der Waals surface area contributed by atoms with Gasteiger partial charge in [-0.1, -0.05) is 0 Å². The topological polar surface area (TPSA) is 72.4 Å². The number of aromatic nitrogens is 1. The zero-order chi connectivity index (χ0) is 19.9. The number of furan rings is 1. The van der Waals surface area contributed by atoms with E-state index in [1.807, 2.05) is 31.2 Å². The number of hydrogen-bond donors (Lipinski definition) is 1. The fourth-order valence-corrected chi connectivity index (χ4v) is 3.52. The molecule has 0 saturated carbocycles. The number of fused-ring (bicyclic) bond motifs is 1. The molecule has 3 aromatic rings. The molecule has 0 aliphatic carbocycles. The van der Waals surface area contributed by atoms with Crippen LogP contribution in [-0.4, -0.2) is 34.8 Å². The second-order valence-electron chi connectivity index (χ2n) is 7.20. The fraction of sp³-hybridized carbons (Fsp3) is 0.333. The molecule has 1 aliphatic heterocycles. The molecular weight excluding hydrogens is 364 g/mol. The molecule has 1 saturated heterocycles. The summed E-state index contributed by atoms with van der Waals surface area (Å²) >= 11 is 0. The quantitative estimate of drug-likeness (QED) is 0.736. The van der Waals surface area contributed by atoms with Gasteiger partial charge in [-0.05, 0) is 42.8 Å². The average molecular weight is 385 g/mol. The lowest BCUT2D eigenvalue weighted by Gasteiger charge is -2.31. The molecule has 3 heterocycles. The van der Waals surface area contributed by atoms with E-state index in [9.17, 15) is 13.6 Å². The van der Waals surface area contributed by atoms with Gasteiger partial charge in [-0.25, -0.2) is 8.78 Å². The van der Waals surface area contributed by atoms with Crippen molar-refractivity contribution >= 4 is 16.8 Å². The molecule has 5 nitrogen and oxygen atoms in total. The summed E-state index contributed by atoms with van der Waals surface area (Å²) in [5.41, 5.74) is 8.67. The predicted molar refractivity (Wildman–Crippen MR) is 102 cm³/mol. The highest BCUT2D eigenvalue weighted by molar-refractivity contribution is 5.98. The first-order valence-electron chi connectivity index (χ1n) is 9.23. The number of alkyl halides is 2. The predicted octanol–water partition coefficient (Wildman–Crippen LogP) is 4.13. The molecular formula is C21H21F2N3O2. The highest BCUT2D eigenvalue weighted by Crippen LogP contribution is 2.31. The maximum absolute atomic E-state index is 13.4. The summed E-state index contributed by atoms with van der Waals surface area (Å²) in [4.78, 5) is 18.6. The van der Waals surface area contributed by atoms with E-state index < -0.39 is 5.92 Å². The summed E-state index contributed by atoms with van der Waals surface area (Å²) < 4.78 is 32.5. The van der Waals surface area contributed by atoms with E-state index in [0.29, 0.717) is 23.6 Å². The minimum Gasteiger partial charge on any atom is -0.460 e. The van der Waals surface area contributed by atoms with Crippen LogP contribution in [0.25, 0.3) is 22.2 Å². The molecule has 4 rings (SSSR count). The second-order valence-corrected chi connectivity index (χ2v) is 7.20. The number of nitrogens with zero attached hydrogens (tertiary/aromatic N) is 2. The van der Waals surface area contributed by atoms with E-state index >= 15 is 0 Å². The fourth-order valence-electron chi connectivity index (χ4n) is 3.52. The Morgan fingerprint density at radius 3 is 2.68 bits per heavy atom. The molecule has 1 aromatic carbocycles. The zero-order valence-electron chi connectivity index (χ0n) is 15.5. The summed E-state index contributed by atoms with van der Waals surface area (Å²) in [6.45, 7) is 2.39. The zero-order valence-corrected chi connectivity index (χ0v) is 15.5. The Labute approximate surface area is 161 Å². The number of halogens is 2. The van der Waals surface area contributed by atoms with Crippen molar-refractivity contribution in [2.45, 2.75) is 32.2 Å². The second kappa shape index (κ2) is 6.98. The van der Waals surface area contributed by atoms with Gasteiger partial charge in [-0.15, -0.1) is 0 Å². The molecule has 0 radical (unpaired) electrons. The highest BCUT2D eigenvalue weighted by Gasteiger charge is 2.35. The largest absolute Gasteiger partial charge is 0.460 e. The Hall–Kier alpha value is -2.80. The van der Waals surface area contributed by atoms with Gasteiger partial charge in [0.25, 0.3) is 11.8 Å². The number of piperidine rings is 1. The lowest BCUT2D eigenvalue weighted by Crippen LogP contribution is -2.42. The molecule has 0 bridgehead atoms. The first-order valence-corrected chi connectivity index (χ1v) is 9.23. The van der Waals surface area contributed by atoms with Crippen LogP contribution in [0.4, 0.5) is 8.78 Å². The monoisotopic (exact) mass is 385 g/mol. The third-order valence-corrected chi connectivity index (χ3v) is 5.18. The number of likely N-dealkylation sites (tertiary alicyclic amines) is 1. The van der Waals surface area contributed by atoms with E-state index in [1.54, 1.807) is 6.07 Å². The Morgan fingerprint density at radius 2 is 2.00 bits per heavy atom. The van der Waals surface area contributed by atoms with E-state index in [1.165, 1.54) is 11.1 Å². The van der Waals surface area contributed by atoms with E-state index in [0.717, 1.165) is 22.0 Å². The lowest BCUT2D eigenvalue weighted by atomic mass is 10.0. The number of amides is 1. The number of hydrogen-bond acceptors (Lipinski definition) is 4. The number of rotatable bonds is 3. The number of benzene rings is 1. The van der Waals surface area contributed by atoms with Crippen molar-refractivity contribution in [2.75, 3.05) is 13.1 Å². The van der Waals surface area contributed by atoms with Gasteiger partial charge in [0.1, 0.15) is 11.5 Å². The van der Waals surface area contributed by atoms with E-state index in [-0.39, 0.29) is 31.8 Å². The maximum Gasteiger partial charge on any atom is 0.255 e. The van der Waals surface area contributed by atoms with Crippen LogP contribution < -0.4 is 5.73 Å². The molecule has 2 N–H and O–H groups in total. The van der Waals surface area contributed by atoms with Gasteiger partial charge in [-0.2, -0.15) is 0 Å². The molecule has 0 spiro atoms. The number of nitrogens with two attached hydrogens (primary N) is 1. The Balaban J connectivity index is 1.66. The minimum atomic E-state index is -2.68. The molecule has 1 amide bonds. The SMILES string of the molecule is Cc1cc2ncc(C(=O)N3CCC(F)(F)CC3)cc2cc1-c1ccc(CN)o1. The first kappa shape index (κ1) is 18.6.